The Bertz CT molecular complexity index is 981. The molecule has 0 unspecified atom stereocenters. The topological polar surface area (TPSA) is 29.1 Å². The zero-order valence-corrected chi connectivity index (χ0v) is 17.9. The average molecular weight is 452 g/mol. The number of alkyl halides is 3. The number of halogens is 4. The molecule has 1 aliphatic rings. The van der Waals surface area contributed by atoms with Crippen LogP contribution in [0, 0.1) is 0 Å². The number of carbonyl (C=O) groups is 1. The summed E-state index contributed by atoms with van der Waals surface area (Å²) in [4.78, 5) is 13.5. The molecule has 2 aromatic carbocycles. The normalized spacial score (nSPS) is 14.2. The first-order chi connectivity index (χ1) is 14.3. The van der Waals surface area contributed by atoms with Crippen LogP contribution in [0.5, 0.6) is 0 Å². The number of hydrogen-bond donors (Lipinski definition) is 1. The van der Waals surface area contributed by atoms with E-state index in [1.54, 1.807) is 23.9 Å². The van der Waals surface area contributed by atoms with Gasteiger partial charge in [0.05, 0.1) is 17.0 Å². The molecule has 0 aromatic heterocycles. The van der Waals surface area contributed by atoms with E-state index in [0.717, 1.165) is 16.2 Å². The Morgan fingerprint density at radius 2 is 1.80 bits per heavy atom. The first-order valence-electron chi connectivity index (χ1n) is 9.57. The molecule has 0 saturated carbocycles. The molecule has 1 aliphatic carbocycles. The number of anilines is 1. The first kappa shape index (κ1) is 22.5. The van der Waals surface area contributed by atoms with Crippen molar-refractivity contribution in [3.05, 3.63) is 76.3 Å². The van der Waals surface area contributed by atoms with E-state index in [1.807, 2.05) is 24.3 Å². The SMILES string of the molecule is CCSc1ccc(CC(=O)Nc2ccc(C3=CCCC=C3C(F)(F)F)c(Cl)c2)cc1. The zero-order chi connectivity index (χ0) is 21.7. The standard InChI is InChI=1S/C23H21ClF3NOS/c1-2-30-17-10-7-15(8-11-17)13-22(29)28-16-9-12-19(21(24)14-16)18-5-3-4-6-20(18)23(25,26)27/h5-12,14H,2-4,13H2,1H3,(H,28,29). The summed E-state index contributed by atoms with van der Waals surface area (Å²) in [5, 5.41) is 2.92. The molecule has 1 amide bonds. The molecule has 0 radical (unpaired) electrons. The second kappa shape index (κ2) is 9.75. The van der Waals surface area contributed by atoms with Crippen LogP contribution < -0.4 is 5.32 Å². The van der Waals surface area contributed by atoms with E-state index < -0.39 is 11.7 Å². The Balaban J connectivity index is 1.70. The molecule has 30 heavy (non-hydrogen) atoms. The molecule has 0 spiro atoms. The van der Waals surface area contributed by atoms with Crippen molar-refractivity contribution >= 4 is 40.5 Å². The van der Waals surface area contributed by atoms with Gasteiger partial charge in [0.25, 0.3) is 0 Å². The Morgan fingerprint density at radius 3 is 2.43 bits per heavy atom. The van der Waals surface area contributed by atoms with Crippen molar-refractivity contribution in [2.75, 3.05) is 11.1 Å². The third-order valence-electron chi connectivity index (χ3n) is 4.60. The second-order valence-electron chi connectivity index (χ2n) is 6.81. The van der Waals surface area contributed by atoms with Crippen molar-refractivity contribution in [2.45, 2.75) is 37.3 Å². The predicted octanol–water partition coefficient (Wildman–Crippen LogP) is 7.30. The predicted molar refractivity (Wildman–Crippen MR) is 118 cm³/mol. The molecule has 158 valence electrons. The van der Waals surface area contributed by atoms with Gasteiger partial charge in [-0.1, -0.05) is 48.9 Å². The number of hydrogen-bond acceptors (Lipinski definition) is 2. The minimum Gasteiger partial charge on any atom is -0.326 e. The monoisotopic (exact) mass is 451 g/mol. The van der Waals surface area contributed by atoms with Crippen molar-refractivity contribution in [3.8, 4) is 0 Å². The van der Waals surface area contributed by atoms with Crippen LogP contribution in [-0.4, -0.2) is 17.8 Å². The summed E-state index contributed by atoms with van der Waals surface area (Å²) in [6.07, 6.45) is -0.605. The lowest BCUT2D eigenvalue weighted by molar-refractivity contribution is -0.115. The molecule has 0 bridgehead atoms. The minimum atomic E-state index is -4.44. The fraction of sp³-hybridized carbons (Fsp3) is 0.261. The summed E-state index contributed by atoms with van der Waals surface area (Å²) in [6, 6.07) is 12.4. The van der Waals surface area contributed by atoms with Crippen molar-refractivity contribution in [2.24, 2.45) is 0 Å². The van der Waals surface area contributed by atoms with E-state index in [9.17, 15) is 18.0 Å². The number of rotatable bonds is 6. The van der Waals surface area contributed by atoms with E-state index in [0.29, 0.717) is 24.1 Å². The summed E-state index contributed by atoms with van der Waals surface area (Å²) in [5.41, 5.74) is 1.05. The Labute approximate surface area is 183 Å². The summed E-state index contributed by atoms with van der Waals surface area (Å²) in [7, 11) is 0. The van der Waals surface area contributed by atoms with Crippen LogP contribution in [0.15, 0.2) is 65.1 Å². The fourth-order valence-electron chi connectivity index (χ4n) is 3.27. The lowest BCUT2D eigenvalue weighted by atomic mass is 9.91. The lowest BCUT2D eigenvalue weighted by Gasteiger charge is -2.20. The maximum Gasteiger partial charge on any atom is 0.416 e. The molecule has 0 fully saturated rings. The van der Waals surface area contributed by atoms with Gasteiger partial charge < -0.3 is 5.32 Å². The highest BCUT2D eigenvalue weighted by atomic mass is 35.5. The van der Waals surface area contributed by atoms with Crippen LogP contribution in [0.2, 0.25) is 5.02 Å². The van der Waals surface area contributed by atoms with Gasteiger partial charge in [-0.2, -0.15) is 13.2 Å². The van der Waals surface area contributed by atoms with Crippen molar-refractivity contribution < 1.29 is 18.0 Å². The zero-order valence-electron chi connectivity index (χ0n) is 16.4. The van der Waals surface area contributed by atoms with Crippen LogP contribution >= 0.6 is 23.4 Å². The van der Waals surface area contributed by atoms with E-state index >= 15 is 0 Å². The highest BCUT2D eigenvalue weighted by Gasteiger charge is 2.37. The molecule has 0 heterocycles. The van der Waals surface area contributed by atoms with Gasteiger partial charge in [0.1, 0.15) is 0 Å². The largest absolute Gasteiger partial charge is 0.416 e. The fourth-order valence-corrected chi connectivity index (χ4v) is 4.21. The lowest BCUT2D eigenvalue weighted by Crippen LogP contribution is -2.16. The van der Waals surface area contributed by atoms with Crippen molar-refractivity contribution in [1.29, 1.82) is 0 Å². The molecule has 0 aliphatic heterocycles. The molecule has 2 aromatic rings. The van der Waals surface area contributed by atoms with Gasteiger partial charge in [-0.3, -0.25) is 4.79 Å². The quantitative estimate of drug-likeness (QED) is 0.467. The second-order valence-corrected chi connectivity index (χ2v) is 8.55. The van der Waals surface area contributed by atoms with Crippen LogP contribution in [0.1, 0.15) is 30.9 Å². The summed E-state index contributed by atoms with van der Waals surface area (Å²) >= 11 is 8.01. The molecule has 2 nitrogen and oxygen atoms in total. The van der Waals surface area contributed by atoms with Crippen LogP contribution in [0.3, 0.4) is 0 Å². The molecule has 3 rings (SSSR count). The molecule has 0 saturated heterocycles. The molecule has 1 N–H and O–H groups in total. The Hall–Kier alpha value is -2.18. The minimum absolute atomic E-state index is 0.0849. The van der Waals surface area contributed by atoms with Gasteiger partial charge in [-0.05, 0) is 54.0 Å². The van der Waals surface area contributed by atoms with Gasteiger partial charge >= 0.3 is 6.18 Å². The first-order valence-corrected chi connectivity index (χ1v) is 10.9. The van der Waals surface area contributed by atoms with Gasteiger partial charge in [-0.15, -0.1) is 11.8 Å². The number of nitrogens with one attached hydrogen (secondary N) is 1. The number of amides is 1. The van der Waals surface area contributed by atoms with E-state index in [4.69, 9.17) is 11.6 Å². The highest BCUT2D eigenvalue weighted by Crippen LogP contribution is 2.41. The number of benzene rings is 2. The van der Waals surface area contributed by atoms with Crippen molar-refractivity contribution in [1.82, 2.24) is 0 Å². The van der Waals surface area contributed by atoms with Gasteiger partial charge in [0.2, 0.25) is 5.91 Å². The molecular weight excluding hydrogens is 431 g/mol. The third-order valence-corrected chi connectivity index (χ3v) is 5.81. The summed E-state index contributed by atoms with van der Waals surface area (Å²) in [5.74, 6) is 0.760. The van der Waals surface area contributed by atoms with Gasteiger partial charge in [0.15, 0.2) is 0 Å². The van der Waals surface area contributed by atoms with Gasteiger partial charge in [0, 0.05) is 16.1 Å². The summed E-state index contributed by atoms with van der Waals surface area (Å²) in [6.45, 7) is 2.08. The highest BCUT2D eigenvalue weighted by molar-refractivity contribution is 7.99. The van der Waals surface area contributed by atoms with Crippen LogP contribution in [0.25, 0.3) is 5.57 Å². The summed E-state index contributed by atoms with van der Waals surface area (Å²) < 4.78 is 40.0. The van der Waals surface area contributed by atoms with Crippen molar-refractivity contribution in [3.63, 3.8) is 0 Å². The average Bonchev–Trinajstić information content (AvgIpc) is 2.69. The molecule has 7 heteroatoms. The number of allylic oxidation sites excluding steroid dienone is 4. The molecular formula is C23H21ClF3NOS. The van der Waals surface area contributed by atoms with Gasteiger partial charge in [-0.25, -0.2) is 0 Å². The number of carbonyl (C=O) groups excluding carboxylic acids is 1. The third kappa shape index (κ3) is 5.70. The number of thioether (sulfide) groups is 1. The van der Waals surface area contributed by atoms with E-state index in [1.165, 1.54) is 18.2 Å². The van der Waals surface area contributed by atoms with Crippen LogP contribution in [-0.2, 0) is 11.2 Å². The maximum atomic E-state index is 13.3. The molecule has 0 atom stereocenters. The smallest absolute Gasteiger partial charge is 0.326 e. The van der Waals surface area contributed by atoms with E-state index in [-0.39, 0.29) is 22.9 Å². The maximum absolute atomic E-state index is 13.3. The van der Waals surface area contributed by atoms with E-state index in [2.05, 4.69) is 12.2 Å². The Morgan fingerprint density at radius 1 is 1.10 bits per heavy atom. The Kier molecular flexibility index (Phi) is 7.32. The van der Waals surface area contributed by atoms with Crippen LogP contribution in [0.4, 0.5) is 18.9 Å².